The molecule has 92 valence electrons. The minimum absolute atomic E-state index is 0.135. The summed E-state index contributed by atoms with van der Waals surface area (Å²) in [5.41, 5.74) is 5.97. The minimum Gasteiger partial charge on any atom is -0.437 e. The van der Waals surface area contributed by atoms with Gasteiger partial charge < -0.3 is 10.5 Å². The van der Waals surface area contributed by atoms with E-state index in [4.69, 9.17) is 22.7 Å². The molecule has 0 aliphatic heterocycles. The third-order valence-electron chi connectivity index (χ3n) is 2.00. The zero-order valence-electron chi connectivity index (χ0n) is 8.93. The Morgan fingerprint density at radius 3 is 2.83 bits per heavy atom. The molecule has 0 aliphatic carbocycles. The lowest BCUT2D eigenvalue weighted by Gasteiger charge is -2.08. The molecule has 0 unspecified atom stereocenters. The van der Waals surface area contributed by atoms with Crippen molar-refractivity contribution in [2.24, 2.45) is 5.73 Å². The number of hydrogen-bond donors (Lipinski definition) is 1. The Bertz CT molecular complexity index is 588. The molecule has 0 aliphatic rings. The number of ether oxygens (including phenoxy) is 1. The molecule has 0 saturated carbocycles. The summed E-state index contributed by atoms with van der Waals surface area (Å²) in [7, 11) is 0. The molecule has 2 rings (SSSR count). The fourth-order valence-corrected chi connectivity index (χ4v) is 1.88. The molecule has 0 bridgehead atoms. The van der Waals surface area contributed by atoms with E-state index in [1.807, 2.05) is 0 Å². The Kier molecular flexibility index (Phi) is 3.83. The number of halogens is 2. The lowest BCUT2D eigenvalue weighted by Crippen LogP contribution is -2.12. The van der Waals surface area contributed by atoms with Crippen LogP contribution in [0.2, 0.25) is 0 Å². The second-order valence-electron chi connectivity index (χ2n) is 3.32. The van der Waals surface area contributed by atoms with Crippen molar-refractivity contribution in [3.8, 4) is 11.6 Å². The van der Waals surface area contributed by atoms with E-state index in [1.54, 1.807) is 12.1 Å². The highest BCUT2D eigenvalue weighted by Crippen LogP contribution is 2.26. The van der Waals surface area contributed by atoms with Crippen LogP contribution in [0.3, 0.4) is 0 Å². The molecule has 7 heteroatoms. The zero-order chi connectivity index (χ0) is 13.1. The third kappa shape index (κ3) is 2.99. The first kappa shape index (κ1) is 12.8. The lowest BCUT2D eigenvalue weighted by atomic mass is 10.3. The van der Waals surface area contributed by atoms with Crippen molar-refractivity contribution < 1.29 is 9.13 Å². The molecule has 4 nitrogen and oxygen atoms in total. The van der Waals surface area contributed by atoms with Crippen molar-refractivity contribution in [2.45, 2.75) is 0 Å². The summed E-state index contributed by atoms with van der Waals surface area (Å²) in [6.07, 6.45) is 1.45. The van der Waals surface area contributed by atoms with Crippen LogP contribution in [0.1, 0.15) is 5.56 Å². The van der Waals surface area contributed by atoms with Gasteiger partial charge in [0.05, 0.1) is 11.8 Å². The lowest BCUT2D eigenvalue weighted by molar-refractivity contribution is 0.449. The molecule has 2 aromatic rings. The van der Waals surface area contributed by atoms with Gasteiger partial charge in [-0.25, -0.2) is 4.39 Å². The van der Waals surface area contributed by atoms with Gasteiger partial charge in [-0.05, 0) is 18.2 Å². The Labute approximate surface area is 116 Å². The summed E-state index contributed by atoms with van der Waals surface area (Å²) in [5.74, 6) is -0.0116. The van der Waals surface area contributed by atoms with E-state index in [0.29, 0.717) is 10.0 Å². The summed E-state index contributed by atoms with van der Waals surface area (Å²) in [5, 5.41) is 7.45. The predicted molar refractivity (Wildman–Crippen MR) is 72.1 cm³/mol. The molecule has 0 fully saturated rings. The Hall–Kier alpha value is -1.60. The predicted octanol–water partition coefficient (Wildman–Crippen LogP) is 2.80. The molecular weight excluding hydrogens is 321 g/mol. The van der Waals surface area contributed by atoms with Gasteiger partial charge in [-0.3, -0.25) is 0 Å². The van der Waals surface area contributed by atoms with Gasteiger partial charge in [0.25, 0.3) is 0 Å². The van der Waals surface area contributed by atoms with Crippen molar-refractivity contribution in [3.05, 3.63) is 46.3 Å². The Morgan fingerprint density at radius 2 is 2.17 bits per heavy atom. The second kappa shape index (κ2) is 5.36. The molecule has 1 aromatic heterocycles. The first-order valence-corrected chi connectivity index (χ1v) is 6.02. The van der Waals surface area contributed by atoms with Gasteiger partial charge in [0.1, 0.15) is 16.6 Å². The normalized spacial score (nSPS) is 10.1. The molecule has 2 N–H and O–H groups in total. The van der Waals surface area contributed by atoms with Gasteiger partial charge in [-0.15, -0.1) is 5.10 Å². The fraction of sp³-hybridized carbons (Fsp3) is 0. The van der Waals surface area contributed by atoms with Gasteiger partial charge in [-0.2, -0.15) is 5.10 Å². The first-order chi connectivity index (χ1) is 8.56. The Morgan fingerprint density at radius 1 is 1.39 bits per heavy atom. The van der Waals surface area contributed by atoms with E-state index in [1.165, 1.54) is 18.3 Å². The fourth-order valence-electron chi connectivity index (χ4n) is 1.28. The average molecular weight is 328 g/mol. The number of benzene rings is 1. The van der Waals surface area contributed by atoms with E-state index in [9.17, 15) is 4.39 Å². The summed E-state index contributed by atoms with van der Waals surface area (Å²) in [6, 6.07) is 5.72. The summed E-state index contributed by atoms with van der Waals surface area (Å²) in [4.78, 5) is 0.135. The summed E-state index contributed by atoms with van der Waals surface area (Å²) < 4.78 is 19.2. The topological polar surface area (TPSA) is 61.0 Å². The van der Waals surface area contributed by atoms with Crippen molar-refractivity contribution in [3.63, 3.8) is 0 Å². The molecule has 1 aromatic carbocycles. The van der Waals surface area contributed by atoms with Crippen LogP contribution in [0.15, 0.2) is 34.9 Å². The van der Waals surface area contributed by atoms with E-state index < -0.39 is 5.82 Å². The highest BCUT2D eigenvalue weighted by Gasteiger charge is 2.10. The van der Waals surface area contributed by atoms with Crippen LogP contribution in [0.4, 0.5) is 4.39 Å². The van der Waals surface area contributed by atoms with Crippen LogP contribution in [0.25, 0.3) is 0 Å². The number of thiocarbonyl (C=S) groups is 1. The van der Waals surface area contributed by atoms with Gasteiger partial charge in [-0.1, -0.05) is 28.1 Å². The zero-order valence-corrected chi connectivity index (χ0v) is 11.3. The number of rotatable bonds is 3. The summed E-state index contributed by atoms with van der Waals surface area (Å²) >= 11 is 8.03. The standard InChI is InChI=1S/C11H7BrFN3OS/c12-6-3-7(13)5-8(4-6)17-11-9(10(14)18)1-2-15-16-11/h1-5H,(H2,14,18). The van der Waals surface area contributed by atoms with Crippen molar-refractivity contribution >= 4 is 33.1 Å². The number of nitrogens with two attached hydrogens (primary N) is 1. The van der Waals surface area contributed by atoms with E-state index in [-0.39, 0.29) is 16.6 Å². The van der Waals surface area contributed by atoms with Crippen molar-refractivity contribution in [2.75, 3.05) is 0 Å². The van der Waals surface area contributed by atoms with Gasteiger partial charge in [0, 0.05) is 10.5 Å². The number of hydrogen-bond acceptors (Lipinski definition) is 4. The molecule has 0 atom stereocenters. The first-order valence-electron chi connectivity index (χ1n) is 4.81. The molecule has 18 heavy (non-hydrogen) atoms. The second-order valence-corrected chi connectivity index (χ2v) is 4.68. The van der Waals surface area contributed by atoms with Gasteiger partial charge in [0.15, 0.2) is 0 Å². The SMILES string of the molecule is NC(=S)c1ccnnc1Oc1cc(F)cc(Br)c1. The molecular formula is C11H7BrFN3OS. The van der Waals surface area contributed by atoms with Gasteiger partial charge >= 0.3 is 0 Å². The maximum atomic E-state index is 13.2. The molecule has 0 saturated heterocycles. The average Bonchev–Trinajstić information content (AvgIpc) is 2.27. The molecule has 0 amide bonds. The highest BCUT2D eigenvalue weighted by atomic mass is 79.9. The molecule has 0 spiro atoms. The maximum Gasteiger partial charge on any atom is 0.249 e. The maximum absolute atomic E-state index is 13.2. The molecule has 0 radical (unpaired) electrons. The van der Waals surface area contributed by atoms with Crippen LogP contribution in [0, 0.1) is 5.82 Å². The van der Waals surface area contributed by atoms with Crippen LogP contribution >= 0.6 is 28.1 Å². The van der Waals surface area contributed by atoms with E-state index in [2.05, 4.69) is 26.1 Å². The minimum atomic E-state index is -0.430. The number of aromatic nitrogens is 2. The van der Waals surface area contributed by atoms with Crippen LogP contribution in [-0.4, -0.2) is 15.2 Å². The quantitative estimate of drug-likeness (QED) is 0.878. The largest absolute Gasteiger partial charge is 0.437 e. The van der Waals surface area contributed by atoms with Crippen LogP contribution in [0.5, 0.6) is 11.6 Å². The monoisotopic (exact) mass is 327 g/mol. The Balaban J connectivity index is 2.37. The molecule has 1 heterocycles. The summed E-state index contributed by atoms with van der Waals surface area (Å²) in [6.45, 7) is 0. The number of nitrogens with zero attached hydrogens (tertiary/aromatic N) is 2. The third-order valence-corrected chi connectivity index (χ3v) is 2.68. The van der Waals surface area contributed by atoms with E-state index >= 15 is 0 Å². The van der Waals surface area contributed by atoms with Crippen LogP contribution < -0.4 is 10.5 Å². The van der Waals surface area contributed by atoms with Crippen molar-refractivity contribution in [1.82, 2.24) is 10.2 Å². The van der Waals surface area contributed by atoms with Gasteiger partial charge in [0.2, 0.25) is 5.88 Å². The smallest absolute Gasteiger partial charge is 0.249 e. The van der Waals surface area contributed by atoms with E-state index in [0.717, 1.165) is 0 Å². The highest BCUT2D eigenvalue weighted by molar-refractivity contribution is 9.10. The van der Waals surface area contributed by atoms with Crippen LogP contribution in [-0.2, 0) is 0 Å². The van der Waals surface area contributed by atoms with Crippen molar-refractivity contribution in [1.29, 1.82) is 0 Å².